The van der Waals surface area contributed by atoms with Gasteiger partial charge in [0.15, 0.2) is 0 Å². The van der Waals surface area contributed by atoms with Gasteiger partial charge in [0.05, 0.1) is 24.3 Å². The number of hydrogen-bond donors (Lipinski definition) is 1. The van der Waals surface area contributed by atoms with Crippen molar-refractivity contribution in [1.82, 2.24) is 19.6 Å². The normalized spacial score (nSPS) is 24.9. The van der Waals surface area contributed by atoms with Crippen LogP contribution in [0, 0.1) is 11.3 Å². The number of aliphatic hydroxyl groups is 1. The number of likely N-dealkylation sites (tertiary alicyclic amines) is 1. The summed E-state index contributed by atoms with van der Waals surface area (Å²) in [4.78, 5) is 13.1. The number of alkyl halides is 3. The van der Waals surface area contributed by atoms with Crippen LogP contribution in [0.15, 0.2) is 40.5 Å². The second kappa shape index (κ2) is 12.2. The molecular formula is C29H41F3N6O2. The molecule has 0 radical (unpaired) electrons. The summed E-state index contributed by atoms with van der Waals surface area (Å²) in [5, 5.41) is 21.6. The van der Waals surface area contributed by atoms with Gasteiger partial charge in [0.1, 0.15) is 18.4 Å². The fourth-order valence-corrected chi connectivity index (χ4v) is 6.32. The molecule has 2 saturated heterocycles. The zero-order valence-corrected chi connectivity index (χ0v) is 24.1. The molecule has 1 aromatic rings. The minimum atomic E-state index is -4.37. The van der Waals surface area contributed by atoms with Crippen LogP contribution in [0.5, 0.6) is 0 Å². The Morgan fingerprint density at radius 3 is 2.35 bits per heavy atom. The van der Waals surface area contributed by atoms with Crippen molar-refractivity contribution in [3.63, 3.8) is 0 Å². The quantitative estimate of drug-likeness (QED) is 0.543. The lowest BCUT2D eigenvalue weighted by Crippen LogP contribution is -2.63. The van der Waals surface area contributed by atoms with Crippen molar-refractivity contribution >= 4 is 5.71 Å². The third kappa shape index (κ3) is 6.06. The lowest BCUT2D eigenvalue weighted by Gasteiger charge is -2.51. The highest BCUT2D eigenvalue weighted by Gasteiger charge is 2.45. The number of methoxy groups -OCH3 is 1. The van der Waals surface area contributed by atoms with E-state index in [-0.39, 0.29) is 12.1 Å². The van der Waals surface area contributed by atoms with E-state index in [4.69, 9.17) is 4.74 Å². The van der Waals surface area contributed by atoms with Crippen molar-refractivity contribution in [1.29, 1.82) is 5.26 Å². The van der Waals surface area contributed by atoms with Crippen molar-refractivity contribution < 1.29 is 23.0 Å². The minimum absolute atomic E-state index is 0.0643. The largest absolute Gasteiger partial charge is 0.416 e. The number of aliphatic hydroxyl groups excluding tert-OH is 1. The number of piperidine rings is 1. The summed E-state index contributed by atoms with van der Waals surface area (Å²) >= 11 is 0. The molecule has 0 aliphatic carbocycles. The molecule has 1 N–H and O–H groups in total. The maximum Gasteiger partial charge on any atom is 0.416 e. The van der Waals surface area contributed by atoms with Crippen molar-refractivity contribution in [3.05, 3.63) is 46.7 Å². The van der Waals surface area contributed by atoms with E-state index < -0.39 is 23.5 Å². The average Bonchev–Trinajstić information content (AvgIpc) is 2.94. The molecule has 3 aliphatic rings. The van der Waals surface area contributed by atoms with Gasteiger partial charge in [-0.2, -0.15) is 18.4 Å². The summed E-state index contributed by atoms with van der Waals surface area (Å²) in [5.74, 6) is 0. The van der Waals surface area contributed by atoms with Crippen LogP contribution in [0.2, 0.25) is 0 Å². The van der Waals surface area contributed by atoms with Crippen LogP contribution in [0.25, 0.3) is 0 Å². The molecule has 40 heavy (non-hydrogen) atoms. The fraction of sp³-hybridized carbons (Fsp3) is 0.655. The molecule has 4 rings (SSSR count). The number of allylic oxidation sites excluding steroid dienone is 1. The van der Waals surface area contributed by atoms with Gasteiger partial charge in [-0.1, -0.05) is 12.1 Å². The Kier molecular flexibility index (Phi) is 9.27. The van der Waals surface area contributed by atoms with Gasteiger partial charge in [-0.25, -0.2) is 0 Å². The summed E-state index contributed by atoms with van der Waals surface area (Å²) in [6.45, 7) is 10.2. The van der Waals surface area contributed by atoms with Crippen LogP contribution in [-0.2, 0) is 10.9 Å². The van der Waals surface area contributed by atoms with Gasteiger partial charge in [-0.05, 0) is 51.3 Å². The molecule has 3 aliphatic heterocycles. The first-order valence-corrected chi connectivity index (χ1v) is 13.9. The molecule has 0 saturated carbocycles. The Balaban J connectivity index is 1.43. The van der Waals surface area contributed by atoms with E-state index >= 15 is 0 Å². The van der Waals surface area contributed by atoms with Crippen LogP contribution in [0.3, 0.4) is 0 Å². The number of aliphatic imine (C=N–C) groups is 1. The second-order valence-corrected chi connectivity index (χ2v) is 11.3. The summed E-state index contributed by atoms with van der Waals surface area (Å²) < 4.78 is 44.8. The maximum atomic E-state index is 13.1. The number of piperazine rings is 1. The molecule has 3 atom stereocenters. The highest BCUT2D eigenvalue weighted by atomic mass is 19.4. The number of hydrogen-bond acceptors (Lipinski definition) is 8. The molecule has 11 heteroatoms. The molecule has 1 aromatic carbocycles. The van der Waals surface area contributed by atoms with Crippen molar-refractivity contribution in [2.45, 2.75) is 63.6 Å². The van der Waals surface area contributed by atoms with E-state index in [1.54, 1.807) is 7.11 Å². The van der Waals surface area contributed by atoms with Gasteiger partial charge >= 0.3 is 6.18 Å². The summed E-state index contributed by atoms with van der Waals surface area (Å²) in [6.07, 6.45) is -3.91. The predicted octanol–water partition coefficient (Wildman–Crippen LogP) is 3.71. The van der Waals surface area contributed by atoms with E-state index in [0.29, 0.717) is 58.8 Å². The lowest BCUT2D eigenvalue weighted by atomic mass is 9.85. The first-order chi connectivity index (χ1) is 18.9. The summed E-state index contributed by atoms with van der Waals surface area (Å²) in [7, 11) is 3.56. The standard InChI is InChI=1S/C29H41F3N6O2/c1-20-16-37(14-15-38(20)25(17-40-5)23-6-8-24(9-7-23)29(30,31)32)28(18-33)10-12-36(13-11-28)27(39)26-21(2)34-19-35(4)22(26)3/h6-9,20,25,27,39H,10-17,19H2,1-5H3/t20-,25?,27?/m0/s1. The van der Waals surface area contributed by atoms with E-state index in [1.807, 2.05) is 30.7 Å². The number of halogens is 3. The molecule has 2 fully saturated rings. The van der Waals surface area contributed by atoms with Crippen LogP contribution in [-0.4, -0.2) is 108 Å². The van der Waals surface area contributed by atoms with Crippen LogP contribution in [0.1, 0.15) is 50.8 Å². The van der Waals surface area contributed by atoms with Gasteiger partial charge in [0.25, 0.3) is 0 Å². The SMILES string of the molecule is COCC(c1ccc(C(F)(F)F)cc1)N1CCN(C2(C#N)CCN(C(O)C3=C(C)N(C)CN=C3C)CC2)C[C@@H]1C. The van der Waals surface area contributed by atoms with Gasteiger partial charge in [0, 0.05) is 69.9 Å². The van der Waals surface area contributed by atoms with Crippen molar-refractivity contribution in [2.75, 3.05) is 60.2 Å². The first-order valence-electron chi connectivity index (χ1n) is 13.9. The molecule has 220 valence electrons. The minimum Gasteiger partial charge on any atom is -0.383 e. The number of rotatable bonds is 7. The molecule has 3 heterocycles. The Labute approximate surface area is 235 Å². The number of ether oxygens (including phenoxy) is 1. The van der Waals surface area contributed by atoms with Gasteiger partial charge in [-0.3, -0.25) is 19.7 Å². The Bertz CT molecular complexity index is 1140. The Morgan fingerprint density at radius 1 is 1.15 bits per heavy atom. The van der Waals surface area contributed by atoms with Crippen molar-refractivity contribution in [3.8, 4) is 6.07 Å². The molecular weight excluding hydrogens is 521 g/mol. The van der Waals surface area contributed by atoms with Gasteiger partial charge < -0.3 is 14.7 Å². The number of benzene rings is 1. The topological polar surface area (TPSA) is 78.6 Å². The summed E-state index contributed by atoms with van der Waals surface area (Å²) in [6, 6.07) is 7.83. The van der Waals surface area contributed by atoms with Crippen LogP contribution < -0.4 is 0 Å². The molecule has 0 aromatic heterocycles. The fourth-order valence-electron chi connectivity index (χ4n) is 6.32. The average molecular weight is 563 g/mol. The predicted molar refractivity (Wildman–Crippen MR) is 147 cm³/mol. The molecule has 0 amide bonds. The lowest BCUT2D eigenvalue weighted by molar-refractivity contribution is -0.137. The maximum absolute atomic E-state index is 13.1. The molecule has 8 nitrogen and oxygen atoms in total. The van der Waals surface area contributed by atoms with E-state index in [1.165, 1.54) is 12.1 Å². The van der Waals surface area contributed by atoms with Gasteiger partial charge in [-0.15, -0.1) is 0 Å². The van der Waals surface area contributed by atoms with Gasteiger partial charge in [0.2, 0.25) is 0 Å². The van der Waals surface area contributed by atoms with Crippen LogP contribution in [0.4, 0.5) is 13.2 Å². The van der Waals surface area contributed by atoms with Crippen LogP contribution >= 0.6 is 0 Å². The monoisotopic (exact) mass is 562 g/mol. The second-order valence-electron chi connectivity index (χ2n) is 11.3. The molecule has 0 spiro atoms. The smallest absolute Gasteiger partial charge is 0.383 e. The Morgan fingerprint density at radius 2 is 1.80 bits per heavy atom. The highest BCUT2D eigenvalue weighted by Crippen LogP contribution is 2.36. The zero-order chi connectivity index (χ0) is 29.2. The molecule has 0 bridgehead atoms. The third-order valence-electron chi connectivity index (χ3n) is 8.94. The highest BCUT2D eigenvalue weighted by molar-refractivity contribution is 6.00. The number of nitrogens with zero attached hydrogens (tertiary/aromatic N) is 6. The zero-order valence-electron chi connectivity index (χ0n) is 24.1. The third-order valence-corrected chi connectivity index (χ3v) is 8.94. The Hall–Kier alpha value is -2.49. The van der Waals surface area contributed by atoms with E-state index in [0.717, 1.165) is 34.7 Å². The van der Waals surface area contributed by atoms with E-state index in [9.17, 15) is 23.5 Å². The summed E-state index contributed by atoms with van der Waals surface area (Å²) in [5.41, 5.74) is 2.20. The van der Waals surface area contributed by atoms with E-state index in [2.05, 4.69) is 27.8 Å². The van der Waals surface area contributed by atoms with Crippen molar-refractivity contribution in [2.24, 2.45) is 4.99 Å². The number of nitriles is 1. The first kappa shape index (κ1) is 30.5. The molecule has 2 unspecified atom stereocenters.